The Kier molecular flexibility index (Phi) is 6.47. The Morgan fingerprint density at radius 3 is 2.61 bits per heavy atom. The van der Waals surface area contributed by atoms with Crippen LogP contribution in [0.25, 0.3) is 0 Å². The molecule has 0 saturated carbocycles. The first-order valence-electron chi connectivity index (χ1n) is 13.2. The second-order valence-electron chi connectivity index (χ2n) is 10.5. The zero-order valence-corrected chi connectivity index (χ0v) is 22.4. The van der Waals surface area contributed by atoms with Crippen molar-refractivity contribution in [2.45, 2.75) is 38.3 Å². The number of aromatic nitrogens is 3. The number of carbonyl (C=O) groups excluding carboxylic acids is 1. The maximum Gasteiger partial charge on any atom is 0.245 e. The number of rotatable bonds is 4. The lowest BCUT2D eigenvalue weighted by Gasteiger charge is -2.47. The Bertz CT molecular complexity index is 1350. The minimum absolute atomic E-state index is 0.0205. The number of hydrogen-bond donors (Lipinski definition) is 1. The summed E-state index contributed by atoms with van der Waals surface area (Å²) >= 11 is 0. The van der Waals surface area contributed by atoms with E-state index in [2.05, 4.69) is 32.8 Å². The molecule has 0 radical (unpaired) electrons. The minimum Gasteiger partial charge on any atom is -0.485 e. The Hall–Kier alpha value is -3.25. The third kappa shape index (κ3) is 4.71. The van der Waals surface area contributed by atoms with Crippen molar-refractivity contribution in [3.8, 4) is 5.75 Å². The minimum atomic E-state index is -2.99. The first-order valence-corrected chi connectivity index (χ1v) is 15.0. The standard InChI is InChI=1S/C26H33N7O4S/c1-3-23(34)31-6-4-19(5-7-31)33-13-18(14-33)21-12-22-24(17(2)29-21)37-15-20-25(30-22)27-16-28-26(20)32-8-10-38(35,36)11-9-32/h3,12,16,18-19H,1,4-11,13-15H2,2H3,(H,27,28,30). The molecule has 0 unspecified atom stereocenters. The van der Waals surface area contributed by atoms with E-state index < -0.39 is 9.84 Å². The molecule has 12 heteroatoms. The van der Waals surface area contributed by atoms with Crippen LogP contribution in [-0.2, 0) is 21.2 Å². The van der Waals surface area contributed by atoms with Crippen LogP contribution >= 0.6 is 0 Å². The summed E-state index contributed by atoms with van der Waals surface area (Å²) < 4.78 is 30.0. The van der Waals surface area contributed by atoms with Gasteiger partial charge in [0.1, 0.15) is 24.6 Å². The molecule has 0 atom stereocenters. The highest BCUT2D eigenvalue weighted by atomic mass is 32.2. The summed E-state index contributed by atoms with van der Waals surface area (Å²) in [6.45, 7) is 10.1. The van der Waals surface area contributed by atoms with Crippen molar-refractivity contribution in [1.82, 2.24) is 24.8 Å². The Morgan fingerprint density at radius 1 is 1.16 bits per heavy atom. The summed E-state index contributed by atoms with van der Waals surface area (Å²) in [5.41, 5.74) is 3.52. The fourth-order valence-corrected chi connectivity index (χ4v) is 7.06. The van der Waals surface area contributed by atoms with Gasteiger partial charge in [0.25, 0.3) is 0 Å². The first kappa shape index (κ1) is 25.1. The van der Waals surface area contributed by atoms with Crippen LogP contribution in [0.15, 0.2) is 25.0 Å². The number of hydrogen-bond acceptors (Lipinski definition) is 10. The van der Waals surface area contributed by atoms with Crippen LogP contribution in [0.1, 0.15) is 35.7 Å². The second-order valence-corrected chi connectivity index (χ2v) is 12.8. The molecule has 4 aliphatic rings. The maximum absolute atomic E-state index is 11.9. The van der Waals surface area contributed by atoms with Gasteiger partial charge in [0.05, 0.1) is 28.5 Å². The predicted octanol–water partition coefficient (Wildman–Crippen LogP) is 1.63. The van der Waals surface area contributed by atoms with Gasteiger partial charge in [-0.2, -0.15) is 0 Å². The molecule has 0 aromatic carbocycles. The van der Waals surface area contributed by atoms with Crippen molar-refractivity contribution in [3.63, 3.8) is 0 Å². The summed E-state index contributed by atoms with van der Waals surface area (Å²) in [5, 5.41) is 3.46. The zero-order valence-electron chi connectivity index (χ0n) is 21.6. The van der Waals surface area contributed by atoms with E-state index in [1.54, 1.807) is 0 Å². The van der Waals surface area contributed by atoms with Gasteiger partial charge in [-0.25, -0.2) is 18.4 Å². The molecule has 202 valence electrons. The van der Waals surface area contributed by atoms with E-state index in [0.29, 0.717) is 42.4 Å². The molecular formula is C26H33N7O4S. The molecule has 2 aromatic heterocycles. The summed E-state index contributed by atoms with van der Waals surface area (Å²) in [5.74, 6) is 2.70. The summed E-state index contributed by atoms with van der Waals surface area (Å²) in [6.07, 6.45) is 4.89. The number of nitrogens with zero attached hydrogens (tertiary/aromatic N) is 6. The molecule has 38 heavy (non-hydrogen) atoms. The SMILES string of the molecule is C=CC(=O)N1CCC(N2CC(c3cc4c(c(C)n3)OCc3c(ncnc3N3CCS(=O)(=O)CC3)N4)C2)CC1. The fraction of sp³-hybridized carbons (Fsp3) is 0.538. The van der Waals surface area contributed by atoms with Gasteiger partial charge in [-0.05, 0) is 31.9 Å². The molecule has 0 spiro atoms. The van der Waals surface area contributed by atoms with Crippen molar-refractivity contribution in [2.24, 2.45) is 0 Å². The number of nitrogens with one attached hydrogen (secondary N) is 1. The number of fused-ring (bicyclic) bond motifs is 2. The fourth-order valence-electron chi connectivity index (χ4n) is 5.86. The van der Waals surface area contributed by atoms with Crippen LogP contribution in [0.3, 0.4) is 0 Å². The Morgan fingerprint density at radius 2 is 1.89 bits per heavy atom. The zero-order chi connectivity index (χ0) is 26.4. The number of aryl methyl sites for hydroxylation is 1. The second kappa shape index (κ2) is 9.81. The average Bonchev–Trinajstić information content (AvgIpc) is 3.07. The summed E-state index contributed by atoms with van der Waals surface area (Å²) in [4.78, 5) is 32.1. The number of carbonyl (C=O) groups is 1. The van der Waals surface area contributed by atoms with E-state index in [4.69, 9.17) is 9.72 Å². The third-order valence-corrected chi connectivity index (χ3v) is 9.75. The smallest absolute Gasteiger partial charge is 0.245 e. The molecule has 2 aromatic rings. The molecule has 0 aliphatic carbocycles. The monoisotopic (exact) mass is 539 g/mol. The number of pyridine rings is 1. The van der Waals surface area contributed by atoms with E-state index in [-0.39, 0.29) is 24.0 Å². The van der Waals surface area contributed by atoms with Crippen molar-refractivity contribution in [3.05, 3.63) is 42.0 Å². The predicted molar refractivity (Wildman–Crippen MR) is 144 cm³/mol. The summed E-state index contributed by atoms with van der Waals surface area (Å²) in [7, 11) is -2.99. The van der Waals surface area contributed by atoms with Gasteiger partial charge in [0.2, 0.25) is 5.91 Å². The average molecular weight is 540 g/mol. The highest BCUT2D eigenvalue weighted by molar-refractivity contribution is 7.91. The first-order chi connectivity index (χ1) is 18.3. The van der Waals surface area contributed by atoms with Gasteiger partial charge in [0, 0.05) is 56.9 Å². The third-order valence-electron chi connectivity index (χ3n) is 8.14. The largest absolute Gasteiger partial charge is 0.485 e. The lowest BCUT2D eigenvalue weighted by Crippen LogP contribution is -2.54. The number of likely N-dealkylation sites (tertiary alicyclic amines) is 2. The van der Waals surface area contributed by atoms with Crippen molar-refractivity contribution in [2.75, 3.05) is 61.0 Å². The van der Waals surface area contributed by atoms with Gasteiger partial charge < -0.3 is 19.9 Å². The highest BCUT2D eigenvalue weighted by Gasteiger charge is 2.37. The molecule has 11 nitrogen and oxygen atoms in total. The molecule has 4 aliphatic heterocycles. The normalized spacial score (nSPS) is 21.8. The lowest BCUT2D eigenvalue weighted by molar-refractivity contribution is -0.127. The van der Waals surface area contributed by atoms with E-state index in [1.165, 1.54) is 12.4 Å². The van der Waals surface area contributed by atoms with Gasteiger partial charge >= 0.3 is 0 Å². The maximum atomic E-state index is 11.9. The number of anilines is 3. The topological polar surface area (TPSA) is 121 Å². The van der Waals surface area contributed by atoms with Crippen LogP contribution in [0, 0.1) is 6.92 Å². The van der Waals surface area contributed by atoms with Gasteiger partial charge in [0.15, 0.2) is 15.6 Å². The van der Waals surface area contributed by atoms with E-state index in [1.807, 2.05) is 16.7 Å². The van der Waals surface area contributed by atoms with Crippen molar-refractivity contribution < 1.29 is 17.9 Å². The van der Waals surface area contributed by atoms with Crippen LogP contribution in [0.5, 0.6) is 5.75 Å². The van der Waals surface area contributed by atoms with Crippen LogP contribution in [0.4, 0.5) is 17.3 Å². The molecule has 3 saturated heterocycles. The molecule has 6 heterocycles. The van der Waals surface area contributed by atoms with Crippen LogP contribution in [0.2, 0.25) is 0 Å². The summed E-state index contributed by atoms with van der Waals surface area (Å²) in [6, 6.07) is 2.57. The van der Waals surface area contributed by atoms with E-state index in [9.17, 15) is 13.2 Å². The highest BCUT2D eigenvalue weighted by Crippen LogP contribution is 2.40. The molecule has 1 amide bonds. The van der Waals surface area contributed by atoms with Crippen LogP contribution < -0.4 is 15.0 Å². The molecule has 1 N–H and O–H groups in total. The number of amides is 1. The molecule has 0 bridgehead atoms. The molecule has 6 rings (SSSR count). The van der Waals surface area contributed by atoms with Crippen molar-refractivity contribution >= 4 is 33.1 Å². The lowest BCUT2D eigenvalue weighted by atomic mass is 9.90. The number of piperidine rings is 1. The van der Waals surface area contributed by atoms with Gasteiger partial charge in [-0.15, -0.1) is 0 Å². The molecular weight excluding hydrogens is 506 g/mol. The van der Waals surface area contributed by atoms with Crippen molar-refractivity contribution in [1.29, 1.82) is 0 Å². The molecule has 3 fully saturated rings. The number of sulfone groups is 1. The van der Waals surface area contributed by atoms with E-state index in [0.717, 1.165) is 61.7 Å². The number of ether oxygens (including phenoxy) is 1. The Balaban J connectivity index is 1.15. The quantitative estimate of drug-likeness (QED) is 0.574. The van der Waals surface area contributed by atoms with Crippen LogP contribution in [-0.4, -0.2) is 95.9 Å². The van der Waals surface area contributed by atoms with Gasteiger partial charge in [-0.3, -0.25) is 14.7 Å². The Labute approximate surface area is 222 Å². The van der Waals surface area contributed by atoms with Gasteiger partial charge in [-0.1, -0.05) is 6.58 Å². The van der Waals surface area contributed by atoms with E-state index >= 15 is 0 Å².